The van der Waals surface area contributed by atoms with Crippen LogP contribution in [-0.2, 0) is 16.1 Å². The Balaban J connectivity index is 1.89. The molecule has 3 rings (SSSR count). The van der Waals surface area contributed by atoms with Crippen molar-refractivity contribution in [2.45, 2.75) is 52.1 Å². The molecule has 4 heteroatoms. The third-order valence-corrected chi connectivity index (χ3v) is 5.97. The lowest BCUT2D eigenvalue weighted by molar-refractivity contribution is -0.140. The van der Waals surface area contributed by atoms with Gasteiger partial charge in [-0.2, -0.15) is 0 Å². The lowest BCUT2D eigenvalue weighted by atomic mass is 9.88. The molecule has 172 valence electrons. The highest BCUT2D eigenvalue weighted by Gasteiger charge is 2.28. The first kappa shape index (κ1) is 24.2. The number of nitrogens with zero attached hydrogens (tertiary/aromatic N) is 1. The van der Waals surface area contributed by atoms with E-state index in [2.05, 4.69) is 29.6 Å². The van der Waals surface area contributed by atoms with Gasteiger partial charge in [0, 0.05) is 25.4 Å². The Morgan fingerprint density at radius 3 is 1.91 bits per heavy atom. The van der Waals surface area contributed by atoms with Crippen LogP contribution in [0.3, 0.4) is 0 Å². The molecule has 0 bridgehead atoms. The van der Waals surface area contributed by atoms with Crippen molar-refractivity contribution in [3.63, 3.8) is 0 Å². The number of hydrogen-bond donors (Lipinski definition) is 1. The fourth-order valence-corrected chi connectivity index (χ4v) is 3.96. The van der Waals surface area contributed by atoms with Crippen molar-refractivity contribution < 1.29 is 9.59 Å². The van der Waals surface area contributed by atoms with Crippen LogP contribution in [0.15, 0.2) is 84.9 Å². The van der Waals surface area contributed by atoms with E-state index in [1.165, 1.54) is 5.56 Å². The maximum absolute atomic E-state index is 13.7. The summed E-state index contributed by atoms with van der Waals surface area (Å²) in [5.41, 5.74) is 4.37. The molecular weight excluding hydrogens is 408 g/mol. The van der Waals surface area contributed by atoms with Gasteiger partial charge < -0.3 is 10.2 Å². The SMILES string of the molecule is CCCNC(=O)[C@@H](C)N(Cc1ccc(C)cc1)C(=O)CC(c1ccccc1)c1ccccc1. The minimum absolute atomic E-state index is 0.0348. The lowest BCUT2D eigenvalue weighted by Crippen LogP contribution is -2.48. The van der Waals surface area contributed by atoms with Crippen molar-refractivity contribution >= 4 is 11.8 Å². The zero-order chi connectivity index (χ0) is 23.6. The standard InChI is InChI=1S/C29H34N2O2/c1-4-19-30-29(33)23(3)31(21-24-17-15-22(2)16-18-24)28(32)20-27(25-11-7-5-8-12-25)26-13-9-6-10-14-26/h5-18,23,27H,4,19-21H2,1-3H3,(H,30,33)/t23-/m1/s1. The van der Waals surface area contributed by atoms with E-state index in [1.54, 1.807) is 4.90 Å². The Hall–Kier alpha value is -3.40. The number of amides is 2. The van der Waals surface area contributed by atoms with Crippen LogP contribution >= 0.6 is 0 Å². The summed E-state index contributed by atoms with van der Waals surface area (Å²) in [4.78, 5) is 28.3. The monoisotopic (exact) mass is 442 g/mol. The third-order valence-electron chi connectivity index (χ3n) is 5.97. The van der Waals surface area contributed by atoms with Gasteiger partial charge in [-0.3, -0.25) is 9.59 Å². The number of carbonyl (C=O) groups is 2. The first-order chi connectivity index (χ1) is 16.0. The fraction of sp³-hybridized carbons (Fsp3) is 0.310. The zero-order valence-corrected chi connectivity index (χ0v) is 19.8. The molecule has 1 N–H and O–H groups in total. The molecule has 0 spiro atoms. The van der Waals surface area contributed by atoms with E-state index in [1.807, 2.05) is 81.4 Å². The van der Waals surface area contributed by atoms with Gasteiger partial charge in [-0.25, -0.2) is 0 Å². The number of nitrogens with one attached hydrogen (secondary N) is 1. The van der Waals surface area contributed by atoms with E-state index in [4.69, 9.17) is 0 Å². The van der Waals surface area contributed by atoms with Crippen molar-refractivity contribution in [2.75, 3.05) is 6.54 Å². The summed E-state index contributed by atoms with van der Waals surface area (Å²) >= 11 is 0. The van der Waals surface area contributed by atoms with Crippen molar-refractivity contribution in [3.05, 3.63) is 107 Å². The molecule has 2 amide bonds. The summed E-state index contributed by atoms with van der Waals surface area (Å²) in [5.74, 6) is -0.230. The van der Waals surface area contributed by atoms with E-state index < -0.39 is 6.04 Å². The van der Waals surface area contributed by atoms with E-state index in [0.717, 1.165) is 23.1 Å². The number of hydrogen-bond acceptors (Lipinski definition) is 2. The molecule has 0 saturated heterocycles. The van der Waals surface area contributed by atoms with Gasteiger partial charge in [-0.1, -0.05) is 97.4 Å². The summed E-state index contributed by atoms with van der Waals surface area (Å²) in [6.07, 6.45) is 1.15. The number of aryl methyl sites for hydroxylation is 1. The second kappa shape index (κ2) is 12.0. The maximum Gasteiger partial charge on any atom is 0.242 e. The van der Waals surface area contributed by atoms with Gasteiger partial charge in [0.25, 0.3) is 0 Å². The topological polar surface area (TPSA) is 49.4 Å². The van der Waals surface area contributed by atoms with Gasteiger partial charge in [-0.05, 0) is 37.0 Å². The largest absolute Gasteiger partial charge is 0.354 e. The fourth-order valence-electron chi connectivity index (χ4n) is 3.96. The van der Waals surface area contributed by atoms with Crippen molar-refractivity contribution in [1.29, 1.82) is 0 Å². The molecule has 0 aliphatic heterocycles. The average molecular weight is 443 g/mol. The summed E-state index contributed by atoms with van der Waals surface area (Å²) in [5, 5.41) is 2.95. The smallest absolute Gasteiger partial charge is 0.242 e. The van der Waals surface area contributed by atoms with Gasteiger partial charge in [0.1, 0.15) is 6.04 Å². The molecule has 1 atom stereocenters. The first-order valence-electron chi connectivity index (χ1n) is 11.7. The van der Waals surface area contributed by atoms with Gasteiger partial charge in [0.2, 0.25) is 11.8 Å². The van der Waals surface area contributed by atoms with E-state index >= 15 is 0 Å². The molecule has 0 aliphatic carbocycles. The molecule has 3 aromatic rings. The molecule has 0 fully saturated rings. The predicted molar refractivity (Wildman–Crippen MR) is 134 cm³/mol. The Morgan fingerprint density at radius 2 is 1.39 bits per heavy atom. The summed E-state index contributed by atoms with van der Waals surface area (Å²) in [6.45, 7) is 6.88. The molecular formula is C29H34N2O2. The number of benzene rings is 3. The number of carbonyl (C=O) groups excluding carboxylic acids is 2. The number of rotatable bonds is 10. The van der Waals surface area contributed by atoms with E-state index in [0.29, 0.717) is 19.5 Å². The van der Waals surface area contributed by atoms with Crippen LogP contribution < -0.4 is 5.32 Å². The van der Waals surface area contributed by atoms with Crippen LogP contribution in [0.2, 0.25) is 0 Å². The highest BCUT2D eigenvalue weighted by Crippen LogP contribution is 2.29. The molecule has 0 heterocycles. The van der Waals surface area contributed by atoms with Crippen molar-refractivity contribution in [1.82, 2.24) is 10.2 Å². The van der Waals surface area contributed by atoms with Crippen LogP contribution in [0, 0.1) is 6.92 Å². The quantitative estimate of drug-likeness (QED) is 0.453. The molecule has 33 heavy (non-hydrogen) atoms. The molecule has 0 radical (unpaired) electrons. The zero-order valence-electron chi connectivity index (χ0n) is 19.8. The van der Waals surface area contributed by atoms with E-state index in [-0.39, 0.29) is 17.7 Å². The first-order valence-corrected chi connectivity index (χ1v) is 11.7. The minimum Gasteiger partial charge on any atom is -0.354 e. The van der Waals surface area contributed by atoms with Crippen LogP contribution in [-0.4, -0.2) is 29.3 Å². The summed E-state index contributed by atoms with van der Waals surface area (Å²) in [6, 6.07) is 27.8. The van der Waals surface area contributed by atoms with Crippen LogP contribution in [0.5, 0.6) is 0 Å². The van der Waals surface area contributed by atoms with Crippen LogP contribution in [0.4, 0.5) is 0 Å². The van der Waals surface area contributed by atoms with Crippen molar-refractivity contribution in [2.24, 2.45) is 0 Å². The summed E-state index contributed by atoms with van der Waals surface area (Å²) in [7, 11) is 0. The van der Waals surface area contributed by atoms with Crippen LogP contribution in [0.1, 0.15) is 54.9 Å². The highest BCUT2D eigenvalue weighted by atomic mass is 16.2. The van der Waals surface area contributed by atoms with Gasteiger partial charge in [-0.15, -0.1) is 0 Å². The van der Waals surface area contributed by atoms with E-state index in [9.17, 15) is 9.59 Å². The molecule has 4 nitrogen and oxygen atoms in total. The molecule has 0 saturated carbocycles. The van der Waals surface area contributed by atoms with Gasteiger partial charge in [0.05, 0.1) is 0 Å². The molecule has 0 unspecified atom stereocenters. The molecule has 0 aliphatic rings. The second-order valence-corrected chi connectivity index (χ2v) is 8.55. The maximum atomic E-state index is 13.7. The third kappa shape index (κ3) is 6.79. The normalized spacial score (nSPS) is 11.8. The Bertz CT molecular complexity index is 977. The average Bonchev–Trinajstić information content (AvgIpc) is 2.86. The molecule has 3 aromatic carbocycles. The van der Waals surface area contributed by atoms with Crippen molar-refractivity contribution in [3.8, 4) is 0 Å². The predicted octanol–water partition coefficient (Wildman–Crippen LogP) is 5.46. The second-order valence-electron chi connectivity index (χ2n) is 8.55. The Morgan fingerprint density at radius 1 is 0.848 bits per heavy atom. The highest BCUT2D eigenvalue weighted by molar-refractivity contribution is 5.87. The van der Waals surface area contributed by atoms with Gasteiger partial charge in [0.15, 0.2) is 0 Å². The van der Waals surface area contributed by atoms with Crippen LogP contribution in [0.25, 0.3) is 0 Å². The Labute approximate surface area is 197 Å². The lowest BCUT2D eigenvalue weighted by Gasteiger charge is -2.30. The minimum atomic E-state index is -0.558. The van der Waals surface area contributed by atoms with Gasteiger partial charge >= 0.3 is 0 Å². The Kier molecular flexibility index (Phi) is 8.82. The summed E-state index contributed by atoms with van der Waals surface area (Å²) < 4.78 is 0. The molecule has 0 aromatic heterocycles.